The lowest BCUT2D eigenvalue weighted by Gasteiger charge is -1.96. The molecule has 0 saturated heterocycles. The summed E-state index contributed by atoms with van der Waals surface area (Å²) >= 11 is 0. The average molecular weight is 476 g/mol. The molecule has 0 bridgehead atoms. The number of carboxylic acids is 1. The minimum absolute atomic E-state index is 0.244. The van der Waals surface area contributed by atoms with E-state index in [1.54, 1.807) is 41.6 Å². The minimum atomic E-state index is -0.943. The third-order valence-electron chi connectivity index (χ3n) is 4.23. The molecule has 0 saturated carbocycles. The highest BCUT2D eigenvalue weighted by molar-refractivity contribution is 5.87. The SMILES string of the molecule is CNCCC=O.CNc1cn(C)c(-c2cc(C(=O)O)n(C)c2)n1.Cn1cccc1C=O.NC=O. The Morgan fingerprint density at radius 2 is 1.76 bits per heavy atom. The second-order valence-electron chi connectivity index (χ2n) is 6.70. The maximum Gasteiger partial charge on any atom is 0.352 e. The molecule has 0 aliphatic carbocycles. The molecule has 0 aromatic carbocycles. The standard InChI is InChI=1S/C11H14N4O2.C6H7NO.C4H9NO.CH3NO/c1-12-9-6-15(3)10(13-9)7-4-8(11(16)17)14(2)5-7;1-7-4-2-3-6(7)5-8;1-5-3-2-4-6;2-1-3/h4-6,12H,1-3H3,(H,16,17);2-5H,1H3;4-5H,2-3H2,1H3;1H,(H2,2,3). The highest BCUT2D eigenvalue weighted by Crippen LogP contribution is 2.22. The summed E-state index contributed by atoms with van der Waals surface area (Å²) in [6.45, 7) is 0.795. The van der Waals surface area contributed by atoms with Gasteiger partial charge in [-0.05, 0) is 25.2 Å². The molecule has 186 valence electrons. The normalized spacial score (nSPS) is 9.21. The van der Waals surface area contributed by atoms with E-state index >= 15 is 0 Å². The van der Waals surface area contributed by atoms with Gasteiger partial charge in [-0.2, -0.15) is 0 Å². The van der Waals surface area contributed by atoms with Gasteiger partial charge in [-0.15, -0.1) is 0 Å². The Morgan fingerprint density at radius 1 is 1.12 bits per heavy atom. The molecule has 0 spiro atoms. The number of carbonyl (C=O) groups excluding carboxylic acids is 3. The first-order valence-corrected chi connectivity index (χ1v) is 10.1. The van der Waals surface area contributed by atoms with Crippen LogP contribution in [0.1, 0.15) is 27.4 Å². The first kappa shape index (κ1) is 29.8. The molecular formula is C22H33N7O5. The van der Waals surface area contributed by atoms with Crippen molar-refractivity contribution in [1.82, 2.24) is 24.0 Å². The summed E-state index contributed by atoms with van der Waals surface area (Å²) in [6.07, 6.45) is 8.05. The lowest BCUT2D eigenvalue weighted by Crippen LogP contribution is -2.07. The number of carboxylic acid groups (broad SMARTS) is 1. The van der Waals surface area contributed by atoms with E-state index in [1.165, 1.54) is 0 Å². The van der Waals surface area contributed by atoms with Gasteiger partial charge in [-0.3, -0.25) is 9.59 Å². The molecule has 0 radical (unpaired) electrons. The summed E-state index contributed by atoms with van der Waals surface area (Å²) in [5, 5.41) is 14.8. The fourth-order valence-electron chi connectivity index (χ4n) is 2.55. The van der Waals surface area contributed by atoms with Crippen molar-refractivity contribution in [3.05, 3.63) is 48.2 Å². The number of primary amides is 1. The van der Waals surface area contributed by atoms with Crippen LogP contribution in [0.15, 0.2) is 36.8 Å². The molecule has 3 aromatic rings. The van der Waals surface area contributed by atoms with E-state index in [0.29, 0.717) is 12.1 Å². The summed E-state index contributed by atoms with van der Waals surface area (Å²) < 4.78 is 5.20. The van der Waals surface area contributed by atoms with E-state index in [1.807, 2.05) is 44.2 Å². The Bertz CT molecular complexity index is 1040. The molecule has 12 heteroatoms. The number of nitrogens with two attached hydrogens (primary N) is 1. The number of nitrogens with one attached hydrogen (secondary N) is 2. The van der Waals surface area contributed by atoms with Gasteiger partial charge in [0.25, 0.3) is 0 Å². The average Bonchev–Trinajstić information content (AvgIpc) is 3.51. The predicted molar refractivity (Wildman–Crippen MR) is 130 cm³/mol. The Kier molecular flexibility index (Phi) is 14.4. The van der Waals surface area contributed by atoms with Crippen molar-refractivity contribution >= 4 is 30.8 Å². The van der Waals surface area contributed by atoms with Crippen LogP contribution in [0, 0.1) is 0 Å². The molecule has 0 fully saturated rings. The van der Waals surface area contributed by atoms with Crippen LogP contribution in [-0.2, 0) is 30.7 Å². The van der Waals surface area contributed by atoms with E-state index in [4.69, 9.17) is 9.90 Å². The van der Waals surface area contributed by atoms with Crippen molar-refractivity contribution in [1.29, 1.82) is 0 Å². The van der Waals surface area contributed by atoms with Crippen molar-refractivity contribution in [2.24, 2.45) is 26.9 Å². The topological polar surface area (TPSA) is 166 Å². The lowest BCUT2D eigenvalue weighted by atomic mass is 10.3. The zero-order chi connectivity index (χ0) is 26.1. The molecular weight excluding hydrogens is 442 g/mol. The van der Waals surface area contributed by atoms with E-state index in [-0.39, 0.29) is 12.1 Å². The highest BCUT2D eigenvalue weighted by atomic mass is 16.4. The van der Waals surface area contributed by atoms with Crippen molar-refractivity contribution < 1.29 is 24.3 Å². The quantitative estimate of drug-likeness (QED) is 0.289. The molecule has 12 nitrogen and oxygen atoms in total. The van der Waals surface area contributed by atoms with Crippen molar-refractivity contribution in [3.8, 4) is 11.4 Å². The number of aromatic carboxylic acids is 1. The second kappa shape index (κ2) is 16.4. The fourth-order valence-corrected chi connectivity index (χ4v) is 2.55. The maximum atomic E-state index is 11.0. The number of hydrogen-bond donors (Lipinski definition) is 4. The molecule has 5 N–H and O–H groups in total. The van der Waals surface area contributed by atoms with Crippen LogP contribution in [0.4, 0.5) is 5.82 Å². The smallest absolute Gasteiger partial charge is 0.352 e. The number of imidazole rings is 1. The van der Waals surface area contributed by atoms with Gasteiger partial charge < -0.3 is 40.0 Å². The Hall–Kier alpha value is -4.19. The molecule has 1 amide bonds. The first-order chi connectivity index (χ1) is 16.2. The van der Waals surface area contributed by atoms with Gasteiger partial charge in [-0.1, -0.05) is 0 Å². The van der Waals surface area contributed by atoms with Crippen LogP contribution in [0.2, 0.25) is 0 Å². The van der Waals surface area contributed by atoms with E-state index in [0.717, 1.165) is 36.3 Å². The zero-order valence-electron chi connectivity index (χ0n) is 20.1. The first-order valence-electron chi connectivity index (χ1n) is 10.1. The number of nitrogens with zero attached hydrogens (tertiary/aromatic N) is 4. The molecule has 0 aliphatic heterocycles. The van der Waals surface area contributed by atoms with E-state index in [9.17, 15) is 14.4 Å². The molecule has 3 heterocycles. The summed E-state index contributed by atoms with van der Waals surface area (Å²) in [6, 6.07) is 5.22. The minimum Gasteiger partial charge on any atom is -0.477 e. The molecule has 3 aromatic heterocycles. The van der Waals surface area contributed by atoms with Crippen molar-refractivity contribution in [2.45, 2.75) is 6.42 Å². The Labute approximate surface area is 198 Å². The van der Waals surface area contributed by atoms with Crippen LogP contribution in [0.25, 0.3) is 11.4 Å². The number of hydrogen-bond acceptors (Lipinski definition) is 7. The Morgan fingerprint density at radius 3 is 2.09 bits per heavy atom. The van der Waals surface area contributed by atoms with Crippen molar-refractivity contribution in [3.63, 3.8) is 0 Å². The number of aromatic nitrogens is 4. The van der Waals surface area contributed by atoms with Gasteiger partial charge in [-0.25, -0.2) is 9.78 Å². The van der Waals surface area contributed by atoms with Crippen LogP contribution >= 0.6 is 0 Å². The molecule has 0 unspecified atom stereocenters. The fraction of sp³-hybridized carbons (Fsp3) is 0.318. The molecule has 0 aliphatic rings. The van der Waals surface area contributed by atoms with Gasteiger partial charge in [0.1, 0.15) is 23.6 Å². The number of carbonyl (C=O) groups is 4. The Balaban J connectivity index is 0.000000531. The third kappa shape index (κ3) is 9.96. The molecule has 3 rings (SSSR count). The van der Waals surface area contributed by atoms with Gasteiger partial charge in [0.05, 0.1) is 5.69 Å². The number of rotatable bonds is 7. The van der Waals surface area contributed by atoms with Gasteiger partial charge >= 0.3 is 5.97 Å². The maximum absolute atomic E-state index is 11.0. The van der Waals surface area contributed by atoms with E-state index in [2.05, 4.69) is 21.4 Å². The second-order valence-corrected chi connectivity index (χ2v) is 6.70. The zero-order valence-corrected chi connectivity index (χ0v) is 20.1. The van der Waals surface area contributed by atoms with E-state index < -0.39 is 5.97 Å². The number of aryl methyl sites for hydroxylation is 3. The summed E-state index contributed by atoms with van der Waals surface area (Å²) in [4.78, 5) is 43.5. The van der Waals surface area contributed by atoms with Crippen molar-refractivity contribution in [2.75, 3.05) is 26.0 Å². The summed E-state index contributed by atoms with van der Waals surface area (Å²) in [5.41, 5.74) is 5.91. The van der Waals surface area contributed by atoms with Crippen LogP contribution in [0.3, 0.4) is 0 Å². The van der Waals surface area contributed by atoms with Gasteiger partial charge in [0, 0.05) is 65.3 Å². The summed E-state index contributed by atoms with van der Waals surface area (Å²) in [7, 11) is 9.03. The number of amides is 1. The lowest BCUT2D eigenvalue weighted by molar-refractivity contribution is -0.108. The monoisotopic (exact) mass is 475 g/mol. The summed E-state index contributed by atoms with van der Waals surface area (Å²) in [5.74, 6) is 0.544. The van der Waals surface area contributed by atoms with Gasteiger partial charge in [0.15, 0.2) is 6.29 Å². The van der Waals surface area contributed by atoms with Crippen LogP contribution in [0.5, 0.6) is 0 Å². The molecule has 34 heavy (non-hydrogen) atoms. The largest absolute Gasteiger partial charge is 0.477 e. The van der Waals surface area contributed by atoms with Crippen LogP contribution in [-0.4, -0.2) is 69.4 Å². The predicted octanol–water partition coefficient (Wildman–Crippen LogP) is 0.899. The van der Waals surface area contributed by atoms with Gasteiger partial charge in [0.2, 0.25) is 6.41 Å². The van der Waals surface area contributed by atoms with Crippen LogP contribution < -0.4 is 16.4 Å². The third-order valence-corrected chi connectivity index (χ3v) is 4.23. The highest BCUT2D eigenvalue weighted by Gasteiger charge is 2.14. The number of aldehydes is 2. The number of anilines is 1. The molecule has 0 atom stereocenters.